The minimum Gasteiger partial charge on any atom is -0.384 e. The van der Waals surface area contributed by atoms with E-state index in [1.807, 2.05) is 57.2 Å². The zero-order valence-corrected chi connectivity index (χ0v) is 27.2. The summed E-state index contributed by atoms with van der Waals surface area (Å²) >= 11 is 20.9. The Balaban J connectivity index is 2.16. The number of hydrogen-bond donors (Lipinski definition) is 0. The average Bonchev–Trinajstić information content (AvgIpc) is 2.75. The van der Waals surface area contributed by atoms with Crippen LogP contribution in [-0.2, 0) is 4.57 Å². The third-order valence-electron chi connectivity index (χ3n) is 4.35. The third-order valence-corrected chi connectivity index (χ3v) is 11.5. The minimum atomic E-state index is -4.26. The number of phosphoric acid groups is 1. The van der Waals surface area contributed by atoms with Gasteiger partial charge in [-0.3, -0.25) is 0 Å². The maximum Gasteiger partial charge on any atom is 0.647 e. The van der Waals surface area contributed by atoms with Crippen molar-refractivity contribution in [2.45, 2.75) is 20.8 Å². The number of phosphoric ester groups is 1. The smallest absolute Gasteiger partial charge is 0.384 e. The van der Waals surface area contributed by atoms with Crippen LogP contribution in [-0.4, -0.2) is 0 Å². The van der Waals surface area contributed by atoms with Gasteiger partial charge >= 0.3 is 7.82 Å². The highest BCUT2D eigenvalue weighted by molar-refractivity contribution is 9.13. The summed E-state index contributed by atoms with van der Waals surface area (Å²) in [6.45, 7) is 5.53. The molecule has 3 aromatic rings. The lowest BCUT2D eigenvalue weighted by molar-refractivity contribution is 0.294. The van der Waals surface area contributed by atoms with Crippen molar-refractivity contribution in [1.82, 2.24) is 0 Å². The number of hydrogen-bond acceptors (Lipinski definition) is 4. The largest absolute Gasteiger partial charge is 0.647 e. The highest BCUT2D eigenvalue weighted by atomic mass is 79.9. The molecule has 0 aromatic heterocycles. The van der Waals surface area contributed by atoms with Gasteiger partial charge in [0.1, 0.15) is 0 Å². The van der Waals surface area contributed by atoms with Crippen LogP contribution in [0.15, 0.2) is 63.2 Å². The van der Waals surface area contributed by atoms with Gasteiger partial charge in [-0.1, -0.05) is 18.2 Å². The summed E-state index contributed by atoms with van der Waals surface area (Å²) in [6, 6.07) is 11.1. The quantitative estimate of drug-likeness (QED) is 0.232. The van der Waals surface area contributed by atoms with E-state index < -0.39 is 7.82 Å². The molecule has 0 atom stereocenters. The van der Waals surface area contributed by atoms with Gasteiger partial charge in [-0.05, 0) is 151 Å². The van der Waals surface area contributed by atoms with Crippen molar-refractivity contribution < 1.29 is 18.1 Å². The second-order valence-corrected chi connectivity index (χ2v) is 13.1. The first kappa shape index (κ1) is 26.8. The number of aryl methyl sites for hydroxylation is 3. The summed E-state index contributed by atoms with van der Waals surface area (Å²) < 4.78 is 36.2. The highest BCUT2D eigenvalue weighted by Crippen LogP contribution is 2.56. The third kappa shape index (κ3) is 5.86. The molecule has 32 heavy (non-hydrogen) atoms. The van der Waals surface area contributed by atoms with E-state index in [9.17, 15) is 4.57 Å². The van der Waals surface area contributed by atoms with Crippen LogP contribution in [0.1, 0.15) is 16.7 Å². The lowest BCUT2D eigenvalue weighted by Crippen LogP contribution is -2.10. The van der Waals surface area contributed by atoms with Gasteiger partial charge in [-0.25, -0.2) is 0 Å². The summed E-state index contributed by atoms with van der Waals surface area (Å²) in [5, 5.41) is 0. The molecule has 0 aliphatic carbocycles. The van der Waals surface area contributed by atoms with Gasteiger partial charge in [0.25, 0.3) is 0 Å². The second-order valence-electron chi connectivity index (χ2n) is 6.74. The van der Waals surface area contributed by atoms with Crippen LogP contribution in [0, 0.1) is 20.8 Å². The molecule has 0 saturated carbocycles. The van der Waals surface area contributed by atoms with Crippen molar-refractivity contribution in [3.63, 3.8) is 0 Å². The molecule has 0 radical (unpaired) electrons. The van der Waals surface area contributed by atoms with E-state index in [0.29, 0.717) is 30.7 Å². The summed E-state index contributed by atoms with van der Waals surface area (Å²) in [4.78, 5) is 0. The topological polar surface area (TPSA) is 44.8 Å². The highest BCUT2D eigenvalue weighted by Gasteiger charge is 2.37. The van der Waals surface area contributed by atoms with Crippen LogP contribution in [0.4, 0.5) is 0 Å². The maximum absolute atomic E-state index is 14.2. The molecule has 170 valence electrons. The molecule has 0 N–H and O–H groups in total. The standard InChI is InChI=1S/C21H15Br6O4P/c1-10-4-7-13(22)16(25)19(10)29-32(28,30-20-11(2)5-8-14(23)17(20)26)31-21-12(3)6-9-15(24)18(21)27/h4-9H,1-3H3. The van der Waals surface area contributed by atoms with E-state index in [1.165, 1.54) is 0 Å². The lowest BCUT2D eigenvalue weighted by Gasteiger charge is -2.24. The molecule has 0 fully saturated rings. The van der Waals surface area contributed by atoms with Crippen LogP contribution in [0.2, 0.25) is 0 Å². The van der Waals surface area contributed by atoms with Gasteiger partial charge in [0.15, 0.2) is 17.2 Å². The van der Waals surface area contributed by atoms with E-state index >= 15 is 0 Å². The fourth-order valence-electron chi connectivity index (χ4n) is 2.61. The summed E-state index contributed by atoms with van der Waals surface area (Å²) in [7, 11) is -4.26. The fourth-order valence-corrected chi connectivity index (χ4v) is 6.99. The van der Waals surface area contributed by atoms with E-state index in [-0.39, 0.29) is 0 Å². The molecular weight excluding hydrogens is 827 g/mol. The number of halogens is 6. The first-order valence-electron chi connectivity index (χ1n) is 8.96. The molecule has 0 spiro atoms. The van der Waals surface area contributed by atoms with Crippen molar-refractivity contribution >= 4 is 103 Å². The van der Waals surface area contributed by atoms with Crippen LogP contribution >= 0.6 is 103 Å². The molecule has 3 rings (SSSR count). The Morgan fingerprint density at radius 3 is 1.03 bits per heavy atom. The molecule has 0 aliphatic rings. The molecule has 0 amide bonds. The van der Waals surface area contributed by atoms with Crippen LogP contribution in [0.3, 0.4) is 0 Å². The monoisotopic (exact) mass is 836 g/mol. The second kappa shape index (κ2) is 10.8. The predicted octanol–water partition coefficient (Wildman–Crippen LogP) is 10.8. The molecule has 0 unspecified atom stereocenters. The maximum atomic E-state index is 14.2. The summed E-state index contributed by atoms with van der Waals surface area (Å²) in [5.74, 6) is 1.03. The van der Waals surface area contributed by atoms with Gasteiger partial charge in [-0.2, -0.15) is 4.57 Å². The summed E-state index contributed by atoms with van der Waals surface area (Å²) in [6.07, 6.45) is 0. The molecule has 11 heteroatoms. The first-order chi connectivity index (χ1) is 14.9. The molecule has 4 nitrogen and oxygen atoms in total. The van der Waals surface area contributed by atoms with Crippen LogP contribution in [0.5, 0.6) is 17.2 Å². The van der Waals surface area contributed by atoms with Gasteiger partial charge in [-0.15, -0.1) is 0 Å². The SMILES string of the molecule is Cc1ccc(Br)c(Br)c1OP(=O)(Oc1c(C)ccc(Br)c1Br)Oc1c(C)ccc(Br)c1Br. The molecule has 0 bridgehead atoms. The van der Waals surface area contributed by atoms with E-state index in [0.717, 1.165) is 30.1 Å². The van der Waals surface area contributed by atoms with Gasteiger partial charge in [0.2, 0.25) is 0 Å². The van der Waals surface area contributed by atoms with Gasteiger partial charge < -0.3 is 13.6 Å². The van der Waals surface area contributed by atoms with Gasteiger partial charge in [0, 0.05) is 13.4 Å². The Morgan fingerprint density at radius 1 is 0.531 bits per heavy atom. The Labute approximate surface area is 237 Å². The molecule has 3 aromatic carbocycles. The zero-order chi connectivity index (χ0) is 23.8. The van der Waals surface area contributed by atoms with Crippen LogP contribution < -0.4 is 13.6 Å². The van der Waals surface area contributed by atoms with Crippen molar-refractivity contribution in [2.24, 2.45) is 0 Å². The zero-order valence-electron chi connectivity index (χ0n) is 16.8. The number of benzene rings is 3. The van der Waals surface area contributed by atoms with Crippen molar-refractivity contribution in [1.29, 1.82) is 0 Å². The van der Waals surface area contributed by atoms with E-state index in [1.54, 1.807) is 0 Å². The van der Waals surface area contributed by atoms with E-state index in [2.05, 4.69) is 95.6 Å². The van der Waals surface area contributed by atoms with Crippen LogP contribution in [0.25, 0.3) is 0 Å². The van der Waals surface area contributed by atoms with E-state index in [4.69, 9.17) is 13.6 Å². The molecule has 0 aliphatic heterocycles. The first-order valence-corrected chi connectivity index (χ1v) is 15.2. The number of rotatable bonds is 6. The average molecular weight is 842 g/mol. The van der Waals surface area contributed by atoms with Crippen molar-refractivity contribution in [3.05, 3.63) is 79.9 Å². The fraction of sp³-hybridized carbons (Fsp3) is 0.143. The van der Waals surface area contributed by atoms with Crippen molar-refractivity contribution in [3.8, 4) is 17.2 Å². The van der Waals surface area contributed by atoms with Gasteiger partial charge in [0.05, 0.1) is 13.4 Å². The molecule has 0 saturated heterocycles. The summed E-state index contributed by atoms with van der Waals surface area (Å²) in [5.41, 5.74) is 2.26. The predicted molar refractivity (Wildman–Crippen MR) is 149 cm³/mol. The Kier molecular flexibility index (Phi) is 9.06. The molecular formula is C21H15Br6O4P. The Bertz CT molecular complexity index is 1100. The lowest BCUT2D eigenvalue weighted by atomic mass is 10.2. The van der Waals surface area contributed by atoms with Crippen molar-refractivity contribution in [2.75, 3.05) is 0 Å². The minimum absolute atomic E-state index is 0.343. The Hall–Kier alpha value is 0.170. The molecule has 0 heterocycles. The normalized spacial score (nSPS) is 11.4. The Morgan fingerprint density at radius 2 is 0.781 bits per heavy atom.